The lowest BCUT2D eigenvalue weighted by Crippen LogP contribution is -2.38. The Morgan fingerprint density at radius 3 is 2.19 bits per heavy atom. The molecule has 0 radical (unpaired) electrons. The van der Waals surface area contributed by atoms with Gasteiger partial charge in [-0.1, -0.05) is 72.8 Å². The summed E-state index contributed by atoms with van der Waals surface area (Å²) in [6, 6.07) is 22.6. The first-order valence-electron chi connectivity index (χ1n) is 10.6. The van der Waals surface area contributed by atoms with Gasteiger partial charge in [-0.3, -0.25) is 9.59 Å². The van der Waals surface area contributed by atoms with Gasteiger partial charge >= 0.3 is 0 Å². The molecule has 0 unspecified atom stereocenters. The van der Waals surface area contributed by atoms with Gasteiger partial charge in [-0.2, -0.15) is 0 Å². The maximum Gasteiger partial charge on any atom is 0.223 e. The zero-order chi connectivity index (χ0) is 22.5. The van der Waals surface area contributed by atoms with Crippen LogP contribution in [-0.2, 0) is 16.1 Å². The Balaban J connectivity index is 1.49. The Kier molecular flexibility index (Phi) is 6.59. The highest BCUT2D eigenvalue weighted by atomic mass is 19.2. The second-order valence-electron chi connectivity index (χ2n) is 7.95. The van der Waals surface area contributed by atoms with Crippen molar-refractivity contribution in [3.63, 3.8) is 0 Å². The smallest absolute Gasteiger partial charge is 0.223 e. The second-order valence-corrected chi connectivity index (χ2v) is 7.95. The van der Waals surface area contributed by atoms with Crippen LogP contribution in [0.25, 0.3) is 0 Å². The largest absolute Gasteiger partial charge is 0.345 e. The van der Waals surface area contributed by atoms with Crippen LogP contribution in [0, 0.1) is 11.6 Å². The molecule has 0 bridgehead atoms. The number of halogens is 2. The molecule has 1 fully saturated rings. The summed E-state index contributed by atoms with van der Waals surface area (Å²) < 4.78 is 27.7. The molecule has 164 valence electrons. The number of rotatable bonds is 7. The summed E-state index contributed by atoms with van der Waals surface area (Å²) in [6.07, 6.45) is 0.888. The Morgan fingerprint density at radius 2 is 1.56 bits per heavy atom. The van der Waals surface area contributed by atoms with Crippen molar-refractivity contribution in [1.29, 1.82) is 0 Å². The molecule has 4 nitrogen and oxygen atoms in total. The van der Waals surface area contributed by atoms with E-state index in [0.717, 1.165) is 17.2 Å². The molecule has 0 saturated carbocycles. The van der Waals surface area contributed by atoms with Gasteiger partial charge in [0.1, 0.15) is 0 Å². The lowest BCUT2D eigenvalue weighted by Gasteiger charge is -2.26. The standard InChI is InChI=1S/C26H24F2N2O2/c27-22-13-7-12-20(25(22)28)17-30-21(14-15-24(30)32)16-23(31)29-26(18-8-3-1-4-9-18)19-10-5-2-6-11-19/h1-13,21,26H,14-17H2,(H,29,31)/t21-/m1/s1. The van der Waals surface area contributed by atoms with Crippen molar-refractivity contribution in [2.75, 3.05) is 0 Å². The minimum Gasteiger partial charge on any atom is -0.345 e. The lowest BCUT2D eigenvalue weighted by atomic mass is 9.98. The van der Waals surface area contributed by atoms with Gasteiger partial charge in [0.25, 0.3) is 0 Å². The van der Waals surface area contributed by atoms with E-state index in [1.54, 1.807) is 0 Å². The Bertz CT molecular complexity index is 1050. The van der Waals surface area contributed by atoms with Crippen LogP contribution in [0.4, 0.5) is 8.78 Å². The SMILES string of the molecule is O=C(C[C@H]1CCC(=O)N1Cc1cccc(F)c1F)NC(c1ccccc1)c1ccccc1. The first-order valence-corrected chi connectivity index (χ1v) is 10.6. The molecule has 1 heterocycles. The van der Waals surface area contributed by atoms with Crippen molar-refractivity contribution < 1.29 is 18.4 Å². The van der Waals surface area contributed by atoms with Crippen LogP contribution in [-0.4, -0.2) is 22.8 Å². The molecule has 0 aliphatic carbocycles. The van der Waals surface area contributed by atoms with Crippen LogP contribution in [0.2, 0.25) is 0 Å². The minimum absolute atomic E-state index is 0.0544. The summed E-state index contributed by atoms with van der Waals surface area (Å²) >= 11 is 0. The van der Waals surface area contributed by atoms with Crippen molar-refractivity contribution in [2.45, 2.75) is 37.9 Å². The lowest BCUT2D eigenvalue weighted by molar-refractivity contribution is -0.130. The number of hydrogen-bond acceptors (Lipinski definition) is 2. The van der Waals surface area contributed by atoms with Crippen molar-refractivity contribution in [2.24, 2.45) is 0 Å². The molecule has 32 heavy (non-hydrogen) atoms. The van der Waals surface area contributed by atoms with Crippen molar-refractivity contribution in [3.8, 4) is 0 Å². The van der Waals surface area contributed by atoms with Crippen LogP contribution < -0.4 is 5.32 Å². The van der Waals surface area contributed by atoms with Crippen molar-refractivity contribution in [1.82, 2.24) is 10.2 Å². The first kappa shape index (κ1) is 21.7. The highest BCUT2D eigenvalue weighted by Gasteiger charge is 2.33. The van der Waals surface area contributed by atoms with Gasteiger partial charge in [0.05, 0.1) is 6.04 Å². The predicted molar refractivity (Wildman–Crippen MR) is 117 cm³/mol. The highest BCUT2D eigenvalue weighted by molar-refractivity contribution is 5.82. The Morgan fingerprint density at radius 1 is 0.938 bits per heavy atom. The summed E-state index contributed by atoms with van der Waals surface area (Å²) in [5.41, 5.74) is 2.01. The molecule has 0 spiro atoms. The third kappa shape index (κ3) is 4.85. The van der Waals surface area contributed by atoms with Gasteiger partial charge in [0, 0.05) is 31.0 Å². The molecular formula is C26H24F2N2O2. The van der Waals surface area contributed by atoms with E-state index in [0.29, 0.717) is 6.42 Å². The molecule has 1 atom stereocenters. The van der Waals surface area contributed by atoms with Crippen LogP contribution in [0.1, 0.15) is 42.0 Å². The molecule has 6 heteroatoms. The van der Waals surface area contributed by atoms with E-state index in [4.69, 9.17) is 0 Å². The van der Waals surface area contributed by atoms with E-state index in [-0.39, 0.29) is 48.8 Å². The molecule has 1 saturated heterocycles. The fourth-order valence-corrected chi connectivity index (χ4v) is 4.16. The maximum atomic E-state index is 14.1. The van der Waals surface area contributed by atoms with Gasteiger partial charge < -0.3 is 10.2 Å². The topological polar surface area (TPSA) is 49.4 Å². The Labute approximate surface area is 185 Å². The monoisotopic (exact) mass is 434 g/mol. The summed E-state index contributed by atoms with van der Waals surface area (Å²) in [4.78, 5) is 26.9. The first-order chi connectivity index (χ1) is 15.5. The molecule has 0 aromatic heterocycles. The number of benzene rings is 3. The maximum absolute atomic E-state index is 14.1. The van der Waals surface area contributed by atoms with E-state index < -0.39 is 11.6 Å². The summed E-state index contributed by atoms with van der Waals surface area (Å²) in [7, 11) is 0. The van der Waals surface area contributed by atoms with E-state index >= 15 is 0 Å². The van der Waals surface area contributed by atoms with Crippen LogP contribution in [0.15, 0.2) is 78.9 Å². The van der Waals surface area contributed by atoms with Crippen molar-refractivity contribution in [3.05, 3.63) is 107 Å². The molecule has 1 N–H and O–H groups in total. The molecule has 3 aromatic rings. The summed E-state index contributed by atoms with van der Waals surface area (Å²) in [5.74, 6) is -2.26. The fourth-order valence-electron chi connectivity index (χ4n) is 4.16. The number of hydrogen-bond donors (Lipinski definition) is 1. The van der Waals surface area contributed by atoms with E-state index in [1.807, 2.05) is 60.7 Å². The van der Waals surface area contributed by atoms with Gasteiger partial charge in [0.2, 0.25) is 11.8 Å². The van der Waals surface area contributed by atoms with E-state index in [9.17, 15) is 18.4 Å². The van der Waals surface area contributed by atoms with E-state index in [1.165, 1.54) is 17.0 Å². The molecule has 3 aromatic carbocycles. The second kappa shape index (κ2) is 9.73. The van der Waals surface area contributed by atoms with Crippen molar-refractivity contribution >= 4 is 11.8 Å². The average Bonchev–Trinajstić information content (AvgIpc) is 3.15. The number of carbonyl (C=O) groups excluding carboxylic acids is 2. The van der Waals surface area contributed by atoms with Crippen LogP contribution in [0.3, 0.4) is 0 Å². The third-order valence-electron chi connectivity index (χ3n) is 5.82. The number of likely N-dealkylation sites (tertiary alicyclic amines) is 1. The van der Waals surface area contributed by atoms with Crippen LogP contribution >= 0.6 is 0 Å². The molecule has 1 aliphatic rings. The van der Waals surface area contributed by atoms with Gasteiger partial charge in [-0.25, -0.2) is 8.78 Å². The fraction of sp³-hybridized carbons (Fsp3) is 0.231. The predicted octanol–water partition coefficient (Wildman–Crippen LogP) is 4.75. The average molecular weight is 434 g/mol. The quantitative estimate of drug-likeness (QED) is 0.583. The minimum atomic E-state index is -0.955. The van der Waals surface area contributed by atoms with Gasteiger partial charge in [0.15, 0.2) is 11.6 Å². The molecule has 4 rings (SSSR count). The summed E-state index contributed by atoms with van der Waals surface area (Å²) in [6.45, 7) is -0.0544. The van der Waals surface area contributed by atoms with Gasteiger partial charge in [-0.05, 0) is 23.6 Å². The Hall–Kier alpha value is -3.54. The zero-order valence-corrected chi connectivity index (χ0v) is 17.5. The zero-order valence-electron chi connectivity index (χ0n) is 17.5. The molecule has 1 aliphatic heterocycles. The number of carbonyl (C=O) groups is 2. The number of nitrogens with one attached hydrogen (secondary N) is 1. The molecular weight excluding hydrogens is 410 g/mol. The normalized spacial score (nSPS) is 15.9. The van der Waals surface area contributed by atoms with Gasteiger partial charge in [-0.15, -0.1) is 0 Å². The third-order valence-corrected chi connectivity index (χ3v) is 5.82. The summed E-state index contributed by atoms with van der Waals surface area (Å²) in [5, 5.41) is 3.09. The van der Waals surface area contributed by atoms with Crippen LogP contribution in [0.5, 0.6) is 0 Å². The molecule has 2 amide bonds. The highest BCUT2D eigenvalue weighted by Crippen LogP contribution is 2.27. The number of amides is 2. The van der Waals surface area contributed by atoms with E-state index in [2.05, 4.69) is 5.32 Å². The number of nitrogens with zero attached hydrogens (tertiary/aromatic N) is 1.